The fraction of sp³-hybridized carbons (Fsp3) is 0.611. The van der Waals surface area contributed by atoms with Crippen molar-refractivity contribution < 1.29 is 41.9 Å². The predicted octanol–water partition coefficient (Wildman–Crippen LogP) is 0.479. The third-order valence-electron chi connectivity index (χ3n) is 5.92. The number of alkyl halides is 2. The summed E-state index contributed by atoms with van der Waals surface area (Å²) in [7, 11) is -2.11. The van der Waals surface area contributed by atoms with Crippen LogP contribution in [0.4, 0.5) is 18.9 Å². The second kappa shape index (κ2) is 8.43. The first-order valence-corrected chi connectivity index (χ1v) is 11.2. The number of rotatable bonds is 7. The lowest BCUT2D eigenvalue weighted by atomic mass is 9.79. The fourth-order valence-electron chi connectivity index (χ4n) is 3.88. The van der Waals surface area contributed by atoms with E-state index in [-0.39, 0.29) is 18.4 Å². The van der Waals surface area contributed by atoms with Crippen molar-refractivity contribution >= 4 is 21.8 Å². The Morgan fingerprint density at radius 2 is 1.91 bits per heavy atom. The molecule has 0 unspecified atom stereocenters. The van der Waals surface area contributed by atoms with Gasteiger partial charge in [-0.15, -0.1) is 5.23 Å². The van der Waals surface area contributed by atoms with Crippen LogP contribution in [-0.4, -0.2) is 83.3 Å². The maximum Gasteiger partial charge on any atom is 0.283 e. The number of nitrogens with one attached hydrogen (secondary N) is 1. The van der Waals surface area contributed by atoms with Crippen molar-refractivity contribution in [3.63, 3.8) is 0 Å². The van der Waals surface area contributed by atoms with E-state index in [1.54, 1.807) is 0 Å². The predicted molar refractivity (Wildman–Crippen MR) is 105 cm³/mol. The third kappa shape index (κ3) is 4.43. The molecule has 1 aliphatic carbocycles. The van der Waals surface area contributed by atoms with Crippen LogP contribution in [0.1, 0.15) is 24.8 Å². The van der Waals surface area contributed by atoms with Crippen molar-refractivity contribution in [3.8, 4) is 0 Å². The molecule has 180 valence electrons. The summed E-state index contributed by atoms with van der Waals surface area (Å²) >= 11 is 0. The number of aliphatic hydroxyl groups is 1. The Balaban J connectivity index is 2.03. The zero-order valence-corrected chi connectivity index (χ0v) is 18.2. The van der Waals surface area contributed by atoms with Crippen molar-refractivity contribution in [1.82, 2.24) is 13.9 Å². The minimum absolute atomic E-state index is 0.0720. The van der Waals surface area contributed by atoms with Crippen LogP contribution in [0.5, 0.6) is 0 Å². The smallest absolute Gasteiger partial charge is 0.283 e. The highest BCUT2D eigenvalue weighted by Gasteiger charge is 2.60. The van der Waals surface area contributed by atoms with Crippen molar-refractivity contribution in [1.29, 1.82) is 0 Å². The molecule has 2 fully saturated rings. The van der Waals surface area contributed by atoms with E-state index in [0.29, 0.717) is 15.6 Å². The summed E-state index contributed by atoms with van der Waals surface area (Å²) in [5.74, 6) is -5.85. The van der Waals surface area contributed by atoms with Crippen LogP contribution in [0.25, 0.3) is 0 Å². The van der Waals surface area contributed by atoms with E-state index in [9.17, 15) is 31.5 Å². The van der Waals surface area contributed by atoms with Crippen LogP contribution in [0.15, 0.2) is 18.2 Å². The highest BCUT2D eigenvalue weighted by atomic mass is 32.2. The van der Waals surface area contributed by atoms with Crippen LogP contribution in [0.3, 0.4) is 0 Å². The molecular formula is C18H25F3N4O6S. The number of benzene rings is 1. The Bertz CT molecular complexity index is 987. The summed E-state index contributed by atoms with van der Waals surface area (Å²) in [4.78, 5) is 13.6. The summed E-state index contributed by atoms with van der Waals surface area (Å²) in [6.07, 6.45) is 0.0873. The first-order valence-electron chi connectivity index (χ1n) is 9.76. The van der Waals surface area contributed by atoms with Gasteiger partial charge in [-0.05, 0) is 37.3 Å². The van der Waals surface area contributed by atoms with Crippen LogP contribution in [-0.2, 0) is 21.4 Å². The molecule has 1 saturated heterocycles. The first-order chi connectivity index (χ1) is 14.7. The lowest BCUT2D eigenvalue weighted by Crippen LogP contribution is -2.58. The fourth-order valence-corrected chi connectivity index (χ4v) is 4.74. The maximum absolute atomic E-state index is 15.0. The van der Waals surface area contributed by atoms with Gasteiger partial charge in [-0.2, -0.15) is 17.4 Å². The van der Waals surface area contributed by atoms with Crippen LogP contribution in [0.2, 0.25) is 0 Å². The average molecular weight is 482 g/mol. The number of likely N-dealkylation sites (tertiary alicyclic amines) is 1. The van der Waals surface area contributed by atoms with E-state index in [4.69, 9.17) is 10.4 Å². The number of hydrogen-bond acceptors (Lipinski definition) is 7. The van der Waals surface area contributed by atoms with E-state index >= 15 is 0 Å². The number of carbonyl (C=O) groups is 1. The molecule has 3 rings (SSSR count). The molecular weight excluding hydrogens is 457 g/mol. The molecule has 0 spiro atoms. The lowest BCUT2D eigenvalue weighted by Gasteiger charge is -2.40. The van der Waals surface area contributed by atoms with Gasteiger partial charge in [0, 0.05) is 14.1 Å². The van der Waals surface area contributed by atoms with Crippen molar-refractivity contribution in [2.75, 3.05) is 25.9 Å². The second-order valence-corrected chi connectivity index (χ2v) is 10.2. The van der Waals surface area contributed by atoms with E-state index in [1.165, 1.54) is 12.1 Å². The van der Waals surface area contributed by atoms with Gasteiger partial charge in [-0.1, -0.05) is 12.1 Å². The van der Waals surface area contributed by atoms with Gasteiger partial charge in [-0.3, -0.25) is 15.2 Å². The second-order valence-electron chi connectivity index (χ2n) is 8.27. The van der Waals surface area contributed by atoms with Crippen LogP contribution in [0, 0.1) is 5.82 Å². The Hall–Kier alpha value is -1.97. The van der Waals surface area contributed by atoms with Gasteiger partial charge in [-0.25, -0.2) is 13.2 Å². The standard InChI is InChI=1S/C18H25F3N4O6S/c1-23(2)32(30,31)22-15-13(9-11-5-3-6-12(14(11)19)25(28)29)24(10-18(15,20)21)16(26)17(27)7-4-8-17/h3,5-6,13,15,22,27-29H,4,7-10H2,1-2H3/t13-,15+/m0/s1. The minimum Gasteiger partial charge on any atom is -0.380 e. The third-order valence-corrected chi connectivity index (χ3v) is 7.43. The monoisotopic (exact) mass is 482 g/mol. The summed E-state index contributed by atoms with van der Waals surface area (Å²) in [6.45, 7) is -1.17. The van der Waals surface area contributed by atoms with E-state index in [1.807, 2.05) is 4.72 Å². The van der Waals surface area contributed by atoms with Crippen molar-refractivity contribution in [2.24, 2.45) is 0 Å². The number of hydrogen-bond donors (Lipinski definition) is 4. The summed E-state index contributed by atoms with van der Waals surface area (Å²) in [6, 6.07) is -0.228. The van der Waals surface area contributed by atoms with E-state index in [2.05, 4.69) is 0 Å². The molecule has 14 heteroatoms. The number of amides is 1. The molecule has 0 bridgehead atoms. The molecule has 2 atom stereocenters. The number of carbonyl (C=O) groups excluding carboxylic acids is 1. The van der Waals surface area contributed by atoms with Gasteiger partial charge in [0.2, 0.25) is 0 Å². The molecule has 10 nitrogen and oxygen atoms in total. The normalized spacial score (nSPS) is 24.5. The molecule has 1 aromatic rings. The quantitative estimate of drug-likeness (QED) is 0.416. The molecule has 0 aromatic heterocycles. The van der Waals surface area contributed by atoms with Gasteiger partial charge in [0.1, 0.15) is 17.3 Å². The number of nitrogens with zero attached hydrogens (tertiary/aromatic N) is 3. The maximum atomic E-state index is 15.0. The number of halogens is 3. The Morgan fingerprint density at radius 3 is 2.41 bits per heavy atom. The number of anilines is 1. The summed E-state index contributed by atoms with van der Waals surface area (Å²) < 4.78 is 71.9. The minimum atomic E-state index is -4.36. The zero-order valence-electron chi connectivity index (χ0n) is 17.4. The topological polar surface area (TPSA) is 134 Å². The van der Waals surface area contributed by atoms with Gasteiger partial charge in [0.15, 0.2) is 5.82 Å². The highest BCUT2D eigenvalue weighted by Crippen LogP contribution is 2.41. The molecule has 1 aliphatic heterocycles. The van der Waals surface area contributed by atoms with Crippen LogP contribution >= 0.6 is 0 Å². The Morgan fingerprint density at radius 1 is 1.28 bits per heavy atom. The van der Waals surface area contributed by atoms with Gasteiger partial charge >= 0.3 is 0 Å². The van der Waals surface area contributed by atoms with Crippen molar-refractivity contribution in [2.45, 2.75) is 49.3 Å². The Kier molecular flexibility index (Phi) is 6.49. The molecule has 1 saturated carbocycles. The first kappa shape index (κ1) is 24.7. The van der Waals surface area contributed by atoms with Crippen molar-refractivity contribution in [3.05, 3.63) is 29.6 Å². The molecule has 0 radical (unpaired) electrons. The summed E-state index contributed by atoms with van der Waals surface area (Å²) in [5, 5.41) is 28.3. The largest absolute Gasteiger partial charge is 0.380 e. The lowest BCUT2D eigenvalue weighted by molar-refractivity contribution is -0.162. The molecule has 2 aliphatic rings. The summed E-state index contributed by atoms with van der Waals surface area (Å²) in [5.41, 5.74) is -2.75. The van der Waals surface area contributed by atoms with Gasteiger partial charge in [0.25, 0.3) is 22.0 Å². The van der Waals surface area contributed by atoms with E-state index < -0.39 is 69.4 Å². The highest BCUT2D eigenvalue weighted by molar-refractivity contribution is 7.87. The molecule has 32 heavy (non-hydrogen) atoms. The van der Waals surface area contributed by atoms with Crippen LogP contribution < -0.4 is 9.95 Å². The zero-order chi connectivity index (χ0) is 24.1. The molecule has 1 aromatic carbocycles. The van der Waals surface area contributed by atoms with E-state index in [0.717, 1.165) is 20.2 Å². The SMILES string of the molecule is CN(C)S(=O)(=O)N[C@@H]1[C@H](Cc2cccc(N(O)O)c2F)N(C(=O)C2(O)CCC2)CC1(F)F. The van der Waals surface area contributed by atoms with Gasteiger partial charge in [0.05, 0.1) is 12.6 Å². The molecule has 4 N–H and O–H groups in total. The molecule has 1 heterocycles. The Labute approximate surface area is 182 Å². The average Bonchev–Trinajstić information content (AvgIpc) is 2.90. The molecule has 1 amide bonds. The van der Waals surface area contributed by atoms with Gasteiger partial charge < -0.3 is 10.0 Å².